The predicted molar refractivity (Wildman–Crippen MR) is 69.3 cm³/mol. The first kappa shape index (κ1) is 12.6. The summed E-state index contributed by atoms with van der Waals surface area (Å²) in [5.41, 5.74) is 7.66. The molecule has 4 nitrogen and oxygen atoms in total. The lowest BCUT2D eigenvalue weighted by Crippen LogP contribution is -2.33. The topological polar surface area (TPSA) is 65.5 Å². The number of furan rings is 1. The molecule has 0 saturated heterocycles. The van der Waals surface area contributed by atoms with Gasteiger partial charge in [0.25, 0.3) is 0 Å². The van der Waals surface area contributed by atoms with E-state index in [2.05, 4.69) is 4.74 Å². The molecule has 1 heterocycles. The van der Waals surface area contributed by atoms with Crippen LogP contribution in [0, 0.1) is 0 Å². The van der Waals surface area contributed by atoms with Crippen LogP contribution in [0.25, 0.3) is 11.0 Å². The van der Waals surface area contributed by atoms with Gasteiger partial charge in [0.15, 0.2) is 0 Å². The number of carbonyl (C=O) groups is 1. The molecule has 1 aromatic carbocycles. The number of para-hydroxylation sites is 1. The molecule has 0 fully saturated rings. The van der Waals surface area contributed by atoms with Gasteiger partial charge in [-0.1, -0.05) is 25.1 Å². The van der Waals surface area contributed by atoms with Crippen molar-refractivity contribution in [3.05, 3.63) is 35.6 Å². The first-order valence-corrected chi connectivity index (χ1v) is 6.00. The maximum atomic E-state index is 11.4. The molecule has 0 radical (unpaired) electrons. The molecule has 2 rings (SSSR count). The average Bonchev–Trinajstić information content (AvgIpc) is 2.76. The lowest BCUT2D eigenvalue weighted by molar-refractivity contribution is -0.142. The molecule has 1 unspecified atom stereocenters. The average molecular weight is 247 g/mol. The molecular formula is C14H17NO3. The zero-order valence-electron chi connectivity index (χ0n) is 10.6. The van der Waals surface area contributed by atoms with Gasteiger partial charge in [-0.2, -0.15) is 0 Å². The second-order valence-electron chi connectivity index (χ2n) is 4.19. The Morgan fingerprint density at radius 2 is 2.17 bits per heavy atom. The summed E-state index contributed by atoms with van der Waals surface area (Å²) in [5, 5.41) is 1.02. The molecule has 0 bridgehead atoms. The highest BCUT2D eigenvalue weighted by Crippen LogP contribution is 2.27. The van der Waals surface area contributed by atoms with Gasteiger partial charge in [-0.05, 0) is 6.07 Å². The maximum Gasteiger partial charge on any atom is 0.322 e. The summed E-state index contributed by atoms with van der Waals surface area (Å²) in [6.07, 6.45) is 1.21. The van der Waals surface area contributed by atoms with Crippen molar-refractivity contribution in [2.75, 3.05) is 7.11 Å². The number of hydrogen-bond donors (Lipinski definition) is 1. The smallest absolute Gasteiger partial charge is 0.322 e. The Bertz CT molecular complexity index is 559. The van der Waals surface area contributed by atoms with E-state index >= 15 is 0 Å². The van der Waals surface area contributed by atoms with Crippen LogP contribution in [0.5, 0.6) is 0 Å². The van der Waals surface area contributed by atoms with Crippen LogP contribution in [0.2, 0.25) is 0 Å². The van der Waals surface area contributed by atoms with Gasteiger partial charge in [-0.15, -0.1) is 0 Å². The monoisotopic (exact) mass is 247 g/mol. The lowest BCUT2D eigenvalue weighted by atomic mass is 10.0. The quantitative estimate of drug-likeness (QED) is 0.840. The molecule has 0 amide bonds. The molecule has 0 aliphatic heterocycles. The minimum atomic E-state index is -0.652. The van der Waals surface area contributed by atoms with Crippen LogP contribution < -0.4 is 5.73 Å². The van der Waals surface area contributed by atoms with Crippen molar-refractivity contribution in [2.45, 2.75) is 25.8 Å². The van der Waals surface area contributed by atoms with Gasteiger partial charge in [-0.25, -0.2) is 0 Å². The van der Waals surface area contributed by atoms with Crippen molar-refractivity contribution in [1.82, 2.24) is 0 Å². The lowest BCUT2D eigenvalue weighted by Gasteiger charge is -2.09. The molecule has 0 saturated carbocycles. The third-order valence-electron chi connectivity index (χ3n) is 3.03. The normalized spacial score (nSPS) is 12.6. The minimum absolute atomic E-state index is 0.401. The van der Waals surface area contributed by atoms with Crippen LogP contribution in [0.1, 0.15) is 18.2 Å². The van der Waals surface area contributed by atoms with E-state index in [0.717, 1.165) is 28.7 Å². The van der Waals surface area contributed by atoms with Crippen LogP contribution in [0.15, 0.2) is 28.7 Å². The van der Waals surface area contributed by atoms with E-state index in [9.17, 15) is 4.79 Å². The Morgan fingerprint density at radius 3 is 2.83 bits per heavy atom. The Labute approximate surface area is 106 Å². The largest absolute Gasteiger partial charge is 0.468 e. The Morgan fingerprint density at radius 1 is 1.44 bits per heavy atom. The number of rotatable bonds is 4. The summed E-state index contributed by atoms with van der Waals surface area (Å²) in [4.78, 5) is 11.4. The second-order valence-corrected chi connectivity index (χ2v) is 4.19. The first-order valence-electron chi connectivity index (χ1n) is 6.00. The Kier molecular flexibility index (Phi) is 3.67. The van der Waals surface area contributed by atoms with Crippen LogP contribution in [0.3, 0.4) is 0 Å². The number of aryl methyl sites for hydroxylation is 1. The third-order valence-corrected chi connectivity index (χ3v) is 3.03. The predicted octanol–water partition coefficient (Wildman–Crippen LogP) is 2.04. The number of benzene rings is 1. The highest BCUT2D eigenvalue weighted by Gasteiger charge is 2.20. The summed E-state index contributed by atoms with van der Waals surface area (Å²) in [5.74, 6) is 0.484. The molecule has 0 spiro atoms. The number of hydrogen-bond acceptors (Lipinski definition) is 4. The van der Waals surface area contributed by atoms with Gasteiger partial charge in [0, 0.05) is 23.8 Å². The number of ether oxygens (including phenoxy) is 1. The summed E-state index contributed by atoms with van der Waals surface area (Å²) >= 11 is 0. The van der Waals surface area contributed by atoms with E-state index < -0.39 is 12.0 Å². The second kappa shape index (κ2) is 5.23. The molecule has 2 N–H and O–H groups in total. The van der Waals surface area contributed by atoms with Gasteiger partial charge in [0.05, 0.1) is 7.11 Å². The van der Waals surface area contributed by atoms with E-state index in [1.54, 1.807) is 0 Å². The number of carbonyl (C=O) groups excluding carboxylic acids is 1. The van der Waals surface area contributed by atoms with Crippen molar-refractivity contribution >= 4 is 16.9 Å². The SMILES string of the molecule is CCc1oc2ccccc2c1CC(N)C(=O)OC. The molecule has 0 aliphatic carbocycles. The highest BCUT2D eigenvalue weighted by atomic mass is 16.5. The Hall–Kier alpha value is -1.81. The van der Waals surface area contributed by atoms with Crippen molar-refractivity contribution in [3.63, 3.8) is 0 Å². The molecule has 1 atom stereocenters. The molecule has 4 heteroatoms. The number of esters is 1. The van der Waals surface area contributed by atoms with Gasteiger partial charge >= 0.3 is 5.97 Å². The zero-order valence-corrected chi connectivity index (χ0v) is 10.6. The Balaban J connectivity index is 2.39. The van der Waals surface area contributed by atoms with Gasteiger partial charge < -0.3 is 14.9 Å². The number of methoxy groups -OCH3 is 1. The molecule has 18 heavy (non-hydrogen) atoms. The fourth-order valence-corrected chi connectivity index (χ4v) is 2.11. The van der Waals surface area contributed by atoms with Crippen LogP contribution in [-0.4, -0.2) is 19.1 Å². The summed E-state index contributed by atoms with van der Waals surface area (Å²) in [6.45, 7) is 2.02. The highest BCUT2D eigenvalue weighted by molar-refractivity contribution is 5.84. The van der Waals surface area contributed by atoms with Crippen molar-refractivity contribution < 1.29 is 13.9 Å². The van der Waals surface area contributed by atoms with Crippen LogP contribution in [-0.2, 0) is 22.4 Å². The summed E-state index contributed by atoms with van der Waals surface area (Å²) in [7, 11) is 1.34. The zero-order chi connectivity index (χ0) is 13.1. The fourth-order valence-electron chi connectivity index (χ4n) is 2.11. The van der Waals surface area contributed by atoms with Crippen molar-refractivity contribution in [1.29, 1.82) is 0 Å². The maximum absolute atomic E-state index is 11.4. The minimum Gasteiger partial charge on any atom is -0.468 e. The van der Waals surface area contributed by atoms with E-state index in [4.69, 9.17) is 10.2 Å². The molecular weight excluding hydrogens is 230 g/mol. The standard InChI is InChI=1S/C14H17NO3/c1-3-12-10(8-11(15)14(16)17-2)9-6-4-5-7-13(9)18-12/h4-7,11H,3,8,15H2,1-2H3. The van der Waals surface area contributed by atoms with Crippen LogP contribution >= 0.6 is 0 Å². The summed E-state index contributed by atoms with van der Waals surface area (Å²) in [6, 6.07) is 7.12. The third kappa shape index (κ3) is 2.24. The van der Waals surface area contributed by atoms with Crippen molar-refractivity contribution in [3.8, 4) is 0 Å². The molecule has 0 aliphatic rings. The molecule has 1 aromatic heterocycles. The summed E-state index contributed by atoms with van der Waals surface area (Å²) < 4.78 is 10.4. The van der Waals surface area contributed by atoms with E-state index in [-0.39, 0.29) is 0 Å². The van der Waals surface area contributed by atoms with E-state index in [1.165, 1.54) is 7.11 Å². The van der Waals surface area contributed by atoms with E-state index in [0.29, 0.717) is 6.42 Å². The number of nitrogens with two attached hydrogens (primary N) is 1. The fraction of sp³-hybridized carbons (Fsp3) is 0.357. The van der Waals surface area contributed by atoms with E-state index in [1.807, 2.05) is 31.2 Å². The molecule has 96 valence electrons. The first-order chi connectivity index (χ1) is 8.67. The number of fused-ring (bicyclic) bond motifs is 1. The van der Waals surface area contributed by atoms with Gasteiger partial charge in [-0.3, -0.25) is 4.79 Å². The van der Waals surface area contributed by atoms with Gasteiger partial charge in [0.1, 0.15) is 17.4 Å². The molecule has 2 aromatic rings. The van der Waals surface area contributed by atoms with Crippen LogP contribution in [0.4, 0.5) is 0 Å². The van der Waals surface area contributed by atoms with Gasteiger partial charge in [0.2, 0.25) is 0 Å². The van der Waals surface area contributed by atoms with Crippen molar-refractivity contribution in [2.24, 2.45) is 5.73 Å².